The van der Waals surface area contributed by atoms with E-state index in [2.05, 4.69) is 0 Å². The molecule has 1 aromatic carbocycles. The van der Waals surface area contributed by atoms with Gasteiger partial charge in [-0.2, -0.15) is 0 Å². The molecule has 10 heteroatoms. The lowest BCUT2D eigenvalue weighted by Gasteiger charge is -2.25. The zero-order chi connectivity index (χ0) is 24.1. The van der Waals surface area contributed by atoms with E-state index in [9.17, 15) is 18.0 Å². The molecule has 2 amide bonds. The van der Waals surface area contributed by atoms with Gasteiger partial charge < -0.3 is 20.1 Å². The summed E-state index contributed by atoms with van der Waals surface area (Å²) in [6.07, 6.45) is 2.44. The maximum Gasteiger partial charge on any atom is 0.416 e. The number of rotatable bonds is 14. The van der Waals surface area contributed by atoms with Crippen LogP contribution in [-0.4, -0.2) is 76.9 Å². The Hall–Kier alpha value is -2.17. The van der Waals surface area contributed by atoms with Crippen molar-refractivity contribution in [3.05, 3.63) is 29.8 Å². The summed E-state index contributed by atoms with van der Waals surface area (Å²) < 4.78 is 34.3. The minimum Gasteiger partial charge on any atom is -0.445 e. The van der Waals surface area contributed by atoms with Crippen LogP contribution in [0.4, 0.5) is 10.5 Å². The van der Waals surface area contributed by atoms with Gasteiger partial charge >= 0.3 is 6.09 Å². The van der Waals surface area contributed by atoms with Gasteiger partial charge in [-0.15, -0.1) is 0 Å². The zero-order valence-corrected chi connectivity index (χ0v) is 20.4. The minimum atomic E-state index is -3.34. The van der Waals surface area contributed by atoms with Gasteiger partial charge in [0.1, 0.15) is 12.8 Å². The third-order valence-corrected chi connectivity index (χ3v) is 5.92. The summed E-state index contributed by atoms with van der Waals surface area (Å²) >= 11 is 0. The molecule has 0 aromatic heterocycles. The van der Waals surface area contributed by atoms with E-state index in [1.165, 1.54) is 12.0 Å². The first-order valence-corrected chi connectivity index (χ1v) is 13.0. The molecule has 2 N–H and O–H groups in total. The van der Waals surface area contributed by atoms with Crippen LogP contribution >= 0.6 is 0 Å². The molecule has 1 aromatic rings. The number of carbonyl (C=O) groups excluding carboxylic acids is 2. The van der Waals surface area contributed by atoms with Gasteiger partial charge in [-0.1, -0.05) is 6.42 Å². The summed E-state index contributed by atoms with van der Waals surface area (Å²) in [5.41, 5.74) is 6.49. The Morgan fingerprint density at radius 3 is 2.19 bits per heavy atom. The van der Waals surface area contributed by atoms with Crippen molar-refractivity contribution in [2.75, 3.05) is 50.4 Å². The van der Waals surface area contributed by atoms with Crippen LogP contribution < -0.4 is 10.6 Å². The van der Waals surface area contributed by atoms with Crippen LogP contribution in [0.15, 0.2) is 24.3 Å². The molecule has 0 heterocycles. The first kappa shape index (κ1) is 27.9. The number of amides is 2. The van der Waals surface area contributed by atoms with Gasteiger partial charge in [0.2, 0.25) is 0 Å². The number of anilines is 1. The zero-order valence-electron chi connectivity index (χ0n) is 19.6. The van der Waals surface area contributed by atoms with Gasteiger partial charge in [0.15, 0.2) is 9.84 Å². The molecule has 0 radical (unpaired) electrons. The summed E-state index contributed by atoms with van der Waals surface area (Å²) in [4.78, 5) is 28.3. The first-order valence-electron chi connectivity index (χ1n) is 10.9. The SMILES string of the molecule is CCN(CC)C(=O)c1ccc(N(COC)C(=O)OC(CCCCCN)CS(C)(=O)=O)cc1. The number of benzene rings is 1. The third kappa shape index (κ3) is 9.54. The summed E-state index contributed by atoms with van der Waals surface area (Å²) in [6, 6.07) is 6.58. The van der Waals surface area contributed by atoms with Crippen LogP contribution in [0.1, 0.15) is 49.9 Å². The Morgan fingerprint density at radius 2 is 1.69 bits per heavy atom. The molecule has 9 nitrogen and oxygen atoms in total. The van der Waals surface area contributed by atoms with Gasteiger partial charge in [-0.05, 0) is 63.9 Å². The highest BCUT2D eigenvalue weighted by Gasteiger charge is 2.25. The minimum absolute atomic E-state index is 0.0824. The summed E-state index contributed by atoms with van der Waals surface area (Å²) in [5.74, 6) is -0.340. The van der Waals surface area contributed by atoms with Crippen LogP contribution in [0, 0.1) is 0 Å². The van der Waals surface area contributed by atoms with Gasteiger partial charge in [-0.25, -0.2) is 13.2 Å². The molecular weight excluding hydrogens is 434 g/mol. The summed E-state index contributed by atoms with van der Waals surface area (Å²) in [6.45, 7) is 5.51. The van der Waals surface area contributed by atoms with E-state index < -0.39 is 22.0 Å². The molecule has 182 valence electrons. The monoisotopic (exact) mass is 471 g/mol. The molecule has 0 saturated carbocycles. The second kappa shape index (κ2) is 14.1. The number of sulfone groups is 1. The van der Waals surface area contributed by atoms with E-state index in [4.69, 9.17) is 15.2 Å². The number of methoxy groups -OCH3 is 1. The highest BCUT2D eigenvalue weighted by molar-refractivity contribution is 7.90. The number of hydrogen-bond acceptors (Lipinski definition) is 7. The maximum atomic E-state index is 12.9. The van der Waals surface area contributed by atoms with Crippen molar-refractivity contribution in [1.29, 1.82) is 0 Å². The topological polar surface area (TPSA) is 119 Å². The van der Waals surface area contributed by atoms with E-state index in [-0.39, 0.29) is 18.4 Å². The Morgan fingerprint density at radius 1 is 1.06 bits per heavy atom. The Kier molecular flexibility index (Phi) is 12.3. The Labute approximate surface area is 191 Å². The molecule has 1 unspecified atom stereocenters. The number of carbonyl (C=O) groups is 2. The number of nitrogens with two attached hydrogens (primary N) is 1. The molecule has 0 bridgehead atoms. The average molecular weight is 472 g/mol. The largest absolute Gasteiger partial charge is 0.445 e. The average Bonchev–Trinajstić information content (AvgIpc) is 2.74. The van der Waals surface area contributed by atoms with Crippen molar-refractivity contribution >= 4 is 27.5 Å². The van der Waals surface area contributed by atoms with Gasteiger partial charge in [-0.3, -0.25) is 9.69 Å². The van der Waals surface area contributed by atoms with Crippen LogP contribution in [-0.2, 0) is 19.3 Å². The molecule has 0 aliphatic carbocycles. The fourth-order valence-corrected chi connectivity index (χ4v) is 4.16. The Balaban J connectivity index is 2.97. The molecule has 0 spiro atoms. The predicted molar refractivity (Wildman–Crippen MR) is 126 cm³/mol. The molecule has 1 rings (SSSR count). The first-order chi connectivity index (χ1) is 15.2. The van der Waals surface area contributed by atoms with Crippen molar-refractivity contribution in [2.24, 2.45) is 5.73 Å². The number of ether oxygens (including phenoxy) is 2. The van der Waals surface area contributed by atoms with Crippen molar-refractivity contribution in [1.82, 2.24) is 4.90 Å². The highest BCUT2D eigenvalue weighted by atomic mass is 32.2. The Bertz CT molecular complexity index is 809. The van der Waals surface area contributed by atoms with Crippen LogP contribution in [0.3, 0.4) is 0 Å². The molecule has 0 fully saturated rings. The van der Waals surface area contributed by atoms with Crippen LogP contribution in [0.5, 0.6) is 0 Å². The van der Waals surface area contributed by atoms with Crippen molar-refractivity contribution < 1.29 is 27.5 Å². The van der Waals surface area contributed by atoms with Crippen molar-refractivity contribution in [2.45, 2.75) is 45.6 Å². The van der Waals surface area contributed by atoms with E-state index in [0.29, 0.717) is 43.7 Å². The molecule has 0 aliphatic rings. The molecular formula is C22H37N3O6S. The third-order valence-electron chi connectivity index (χ3n) is 4.94. The van der Waals surface area contributed by atoms with E-state index in [1.807, 2.05) is 13.8 Å². The molecule has 32 heavy (non-hydrogen) atoms. The summed E-state index contributed by atoms with van der Waals surface area (Å²) in [7, 11) is -1.89. The quantitative estimate of drug-likeness (QED) is 0.327. The highest BCUT2D eigenvalue weighted by Crippen LogP contribution is 2.19. The van der Waals surface area contributed by atoms with Gasteiger partial charge in [0.05, 0.1) is 5.75 Å². The lowest BCUT2D eigenvalue weighted by atomic mass is 10.1. The van der Waals surface area contributed by atoms with Crippen LogP contribution in [0.25, 0.3) is 0 Å². The van der Waals surface area contributed by atoms with Crippen molar-refractivity contribution in [3.63, 3.8) is 0 Å². The van der Waals surface area contributed by atoms with Gasteiger partial charge in [0.25, 0.3) is 5.91 Å². The molecule has 1 atom stereocenters. The van der Waals surface area contributed by atoms with E-state index >= 15 is 0 Å². The predicted octanol–water partition coefficient (Wildman–Crippen LogP) is 2.65. The second-order valence-corrected chi connectivity index (χ2v) is 9.79. The van der Waals surface area contributed by atoms with E-state index in [0.717, 1.165) is 19.1 Å². The maximum absolute atomic E-state index is 12.9. The number of hydrogen-bond donors (Lipinski definition) is 1. The fourth-order valence-electron chi connectivity index (χ4n) is 3.25. The fraction of sp³-hybridized carbons (Fsp3) is 0.636. The summed E-state index contributed by atoms with van der Waals surface area (Å²) in [5, 5.41) is 0. The lowest BCUT2D eigenvalue weighted by Crippen LogP contribution is -2.38. The van der Waals surface area contributed by atoms with Crippen LogP contribution in [0.2, 0.25) is 0 Å². The number of unbranched alkanes of at least 4 members (excludes halogenated alkanes) is 2. The normalized spacial score (nSPS) is 12.3. The second-order valence-electron chi connectivity index (χ2n) is 7.61. The van der Waals surface area contributed by atoms with E-state index in [1.54, 1.807) is 29.2 Å². The number of nitrogens with zero attached hydrogens (tertiary/aromatic N) is 2. The van der Waals surface area contributed by atoms with Gasteiger partial charge in [0, 0.05) is 37.7 Å². The standard InChI is InChI=1S/C22H37N3O6S/c1-5-24(6-2)21(26)18-11-13-19(14-12-18)25(17-30-3)22(27)31-20(16-32(4,28)29)10-8-7-9-15-23/h11-14,20H,5-10,15-17,23H2,1-4H3. The van der Waals surface area contributed by atoms with Crippen molar-refractivity contribution in [3.8, 4) is 0 Å². The smallest absolute Gasteiger partial charge is 0.416 e. The lowest BCUT2D eigenvalue weighted by molar-refractivity contribution is 0.0773. The molecule has 0 aliphatic heterocycles. The molecule has 0 saturated heterocycles.